The van der Waals surface area contributed by atoms with Gasteiger partial charge in [-0.25, -0.2) is 15.0 Å². The Morgan fingerprint density at radius 1 is 0.833 bits per heavy atom. The molecule has 0 atom stereocenters. The molecule has 7 heteroatoms. The van der Waals surface area contributed by atoms with Gasteiger partial charge in [0.2, 0.25) is 0 Å². The Bertz CT molecular complexity index is 2060. The molecule has 1 N–H and O–H groups in total. The number of para-hydroxylation sites is 1. The first-order chi connectivity index (χ1) is 19.9. The van der Waals surface area contributed by atoms with E-state index in [1.54, 1.807) is 18.3 Å². The van der Waals surface area contributed by atoms with Gasteiger partial charge in [0.25, 0.3) is 0 Å². The van der Waals surface area contributed by atoms with Crippen LogP contribution in [0.5, 0.6) is 5.75 Å². The zero-order valence-corrected chi connectivity index (χ0v) is 26.0. The van der Waals surface area contributed by atoms with Gasteiger partial charge in [-0.05, 0) is 35.1 Å². The van der Waals surface area contributed by atoms with Crippen LogP contribution >= 0.6 is 0 Å². The smallest absolute Gasteiger partial charge is 0.180 e. The van der Waals surface area contributed by atoms with Crippen molar-refractivity contribution < 1.29 is 30.6 Å². The fourth-order valence-electron chi connectivity index (χ4n) is 5.69. The summed E-state index contributed by atoms with van der Waals surface area (Å²) in [7, 11) is 0. The molecule has 7 aromatic rings. The van der Waals surface area contributed by atoms with Crippen molar-refractivity contribution in [2.24, 2.45) is 0 Å². The second kappa shape index (κ2) is 10.8. The second-order valence-electron chi connectivity index (χ2n) is 11.0. The number of nitrogens with zero attached hydrogens (tertiary/aromatic N) is 4. The number of aromatic hydroxyl groups is 1. The molecule has 0 saturated carbocycles. The monoisotopic (exact) mass is 732 g/mol. The third kappa shape index (κ3) is 4.51. The van der Waals surface area contributed by atoms with Crippen LogP contribution in [-0.2, 0) is 21.1 Å². The van der Waals surface area contributed by atoms with E-state index in [2.05, 4.69) is 85.8 Å². The third-order valence-corrected chi connectivity index (χ3v) is 7.67. The van der Waals surface area contributed by atoms with E-state index in [9.17, 15) is 5.11 Å². The largest absolute Gasteiger partial charge is 0.507 e. The van der Waals surface area contributed by atoms with E-state index in [-0.39, 0.29) is 26.8 Å². The minimum Gasteiger partial charge on any atom is -0.507 e. The Balaban J connectivity index is 0.00000316. The maximum Gasteiger partial charge on any atom is 0.180 e. The SMILES string of the molecule is CC(C)c1cccc(C(C)C)c1-n1cc(-c2ncc3oc4cccc(O)c4c3n2)nc1-c1cccc2ccc[c-]c12.[Pt]. The molecular formula is C35H29N4O2Pt-. The van der Waals surface area contributed by atoms with E-state index in [1.165, 1.54) is 11.1 Å². The molecule has 0 aliphatic carbocycles. The summed E-state index contributed by atoms with van der Waals surface area (Å²) in [6, 6.07) is 27.5. The Morgan fingerprint density at radius 2 is 1.55 bits per heavy atom. The number of rotatable bonds is 5. The summed E-state index contributed by atoms with van der Waals surface area (Å²) in [5.74, 6) is 1.98. The zero-order chi connectivity index (χ0) is 28.2. The van der Waals surface area contributed by atoms with Crippen LogP contribution in [0.15, 0.2) is 89.6 Å². The summed E-state index contributed by atoms with van der Waals surface area (Å²) < 4.78 is 8.11. The molecule has 0 bridgehead atoms. The average molecular weight is 733 g/mol. The minimum absolute atomic E-state index is 0. The summed E-state index contributed by atoms with van der Waals surface area (Å²) in [5, 5.41) is 13.3. The molecule has 0 saturated heterocycles. The molecule has 42 heavy (non-hydrogen) atoms. The van der Waals surface area contributed by atoms with Crippen molar-refractivity contribution in [2.75, 3.05) is 0 Å². The van der Waals surface area contributed by atoms with Crippen molar-refractivity contribution in [2.45, 2.75) is 39.5 Å². The van der Waals surface area contributed by atoms with Gasteiger partial charge >= 0.3 is 0 Å². The normalized spacial score (nSPS) is 11.7. The van der Waals surface area contributed by atoms with Crippen molar-refractivity contribution in [3.63, 3.8) is 0 Å². The van der Waals surface area contributed by atoms with Gasteiger partial charge in [0.1, 0.15) is 28.4 Å². The molecule has 6 nitrogen and oxygen atoms in total. The van der Waals surface area contributed by atoms with Crippen LogP contribution in [0.25, 0.3) is 61.4 Å². The Kier molecular flexibility index (Phi) is 7.20. The van der Waals surface area contributed by atoms with Gasteiger partial charge in [0, 0.05) is 27.3 Å². The van der Waals surface area contributed by atoms with Crippen molar-refractivity contribution >= 4 is 32.8 Å². The average Bonchev–Trinajstić information content (AvgIpc) is 3.58. The topological polar surface area (TPSA) is 77.0 Å². The van der Waals surface area contributed by atoms with Gasteiger partial charge in [-0.15, -0.1) is 35.0 Å². The molecule has 0 spiro atoms. The van der Waals surface area contributed by atoms with Gasteiger partial charge in [0.05, 0.1) is 17.3 Å². The van der Waals surface area contributed by atoms with Crippen LogP contribution < -0.4 is 0 Å². The first-order valence-corrected chi connectivity index (χ1v) is 13.9. The Morgan fingerprint density at radius 3 is 2.31 bits per heavy atom. The number of aromatic nitrogens is 4. The first kappa shape index (κ1) is 27.9. The summed E-state index contributed by atoms with van der Waals surface area (Å²) >= 11 is 0. The molecule has 0 amide bonds. The molecule has 212 valence electrons. The standard InChI is InChI=1S/C35H29N4O2.Pt/c1-20(2)23-13-8-14-24(21(3)4)33(23)39-19-27(37-35(39)26-15-7-11-22-10-5-6-12-25(22)26)34-36-18-30-32(38-34)31-28(40)16-9-17-29(31)41-30;/h5-11,13-21,40H,1-4H3;/q-1;. The number of hydrogen-bond donors (Lipinski definition) is 1. The fourth-order valence-corrected chi connectivity index (χ4v) is 5.69. The van der Waals surface area contributed by atoms with Crippen molar-refractivity contribution in [3.05, 3.63) is 102 Å². The quantitative estimate of drug-likeness (QED) is 0.179. The summed E-state index contributed by atoms with van der Waals surface area (Å²) in [4.78, 5) is 14.7. The summed E-state index contributed by atoms with van der Waals surface area (Å²) in [5.41, 5.74) is 6.87. The van der Waals surface area contributed by atoms with E-state index >= 15 is 0 Å². The first-order valence-electron chi connectivity index (χ1n) is 13.9. The molecular weight excluding hydrogens is 703 g/mol. The zero-order valence-electron chi connectivity index (χ0n) is 23.7. The van der Waals surface area contributed by atoms with E-state index < -0.39 is 0 Å². The molecule has 0 fully saturated rings. The molecule has 3 aromatic heterocycles. The maximum atomic E-state index is 10.6. The van der Waals surface area contributed by atoms with E-state index in [4.69, 9.17) is 14.4 Å². The molecule has 3 heterocycles. The van der Waals surface area contributed by atoms with Crippen molar-refractivity contribution in [1.82, 2.24) is 19.5 Å². The Hall–Kier alpha value is -4.28. The predicted molar refractivity (Wildman–Crippen MR) is 163 cm³/mol. The number of furan rings is 1. The fraction of sp³-hybridized carbons (Fsp3) is 0.171. The molecule has 7 rings (SSSR count). The Labute approximate surface area is 258 Å². The number of benzene rings is 4. The molecule has 0 aliphatic heterocycles. The van der Waals surface area contributed by atoms with Gasteiger partial charge < -0.3 is 14.1 Å². The summed E-state index contributed by atoms with van der Waals surface area (Å²) in [6.45, 7) is 8.89. The van der Waals surface area contributed by atoms with Crippen LogP contribution in [0.3, 0.4) is 0 Å². The third-order valence-electron chi connectivity index (χ3n) is 7.67. The van der Waals surface area contributed by atoms with E-state index in [0.717, 1.165) is 27.8 Å². The van der Waals surface area contributed by atoms with Crippen LogP contribution in [0.1, 0.15) is 50.7 Å². The van der Waals surface area contributed by atoms with E-state index in [1.807, 2.05) is 24.4 Å². The van der Waals surface area contributed by atoms with E-state index in [0.29, 0.717) is 45.4 Å². The van der Waals surface area contributed by atoms with Gasteiger partial charge in [-0.1, -0.05) is 75.7 Å². The molecule has 0 unspecified atom stereocenters. The number of phenolic OH excluding ortho intramolecular Hbond substituents is 1. The van der Waals surface area contributed by atoms with Crippen LogP contribution in [0.2, 0.25) is 0 Å². The van der Waals surface area contributed by atoms with Gasteiger partial charge in [0.15, 0.2) is 11.4 Å². The predicted octanol–water partition coefficient (Wildman–Crippen LogP) is 8.80. The van der Waals surface area contributed by atoms with Crippen molar-refractivity contribution in [1.29, 1.82) is 0 Å². The number of phenols is 1. The number of fused-ring (bicyclic) bond motifs is 4. The van der Waals surface area contributed by atoms with Crippen LogP contribution in [-0.4, -0.2) is 24.6 Å². The van der Waals surface area contributed by atoms with Gasteiger partial charge in [-0.2, -0.15) is 0 Å². The molecule has 0 radical (unpaired) electrons. The molecule has 4 aromatic carbocycles. The second-order valence-corrected chi connectivity index (χ2v) is 11.0. The van der Waals surface area contributed by atoms with Crippen LogP contribution in [0, 0.1) is 6.07 Å². The number of imidazole rings is 1. The maximum absolute atomic E-state index is 10.6. The van der Waals surface area contributed by atoms with Crippen molar-refractivity contribution in [3.8, 4) is 34.3 Å². The summed E-state index contributed by atoms with van der Waals surface area (Å²) in [6.07, 6.45) is 3.69. The minimum atomic E-state index is 0. The number of hydrogen-bond acceptors (Lipinski definition) is 5. The van der Waals surface area contributed by atoms with Gasteiger partial charge in [-0.3, -0.25) is 0 Å². The van der Waals surface area contributed by atoms with Crippen LogP contribution in [0.4, 0.5) is 0 Å². The molecule has 0 aliphatic rings.